The lowest BCUT2D eigenvalue weighted by Gasteiger charge is -2.38. The van der Waals surface area contributed by atoms with E-state index in [0.717, 1.165) is 106 Å². The minimum atomic E-state index is -3.84. The molecule has 11 rings (SSSR count). The third kappa shape index (κ3) is 10.3. The average molecular weight is 1100 g/mol. The molecule has 15 heteroatoms. The third-order valence-electron chi connectivity index (χ3n) is 14.5. The maximum Gasteiger partial charge on any atom is 0.252 e. The molecule has 0 aliphatic heterocycles. The van der Waals surface area contributed by atoms with Crippen LogP contribution >= 0.6 is 0 Å². The van der Waals surface area contributed by atoms with Gasteiger partial charge in [0.25, 0.3) is 23.1 Å². The summed E-state index contributed by atoms with van der Waals surface area (Å²) in [6.07, 6.45) is 3.28. The largest absolute Gasteiger partial charge is 0.357 e. The van der Waals surface area contributed by atoms with Gasteiger partial charge >= 0.3 is 0 Å². The molecule has 0 radical (unpaired) electrons. The lowest BCUT2D eigenvalue weighted by molar-refractivity contribution is -0.378. The van der Waals surface area contributed by atoms with Crippen molar-refractivity contribution < 1.29 is 58.4 Å². The normalized spacial score (nSPS) is 12.1. The van der Waals surface area contributed by atoms with Gasteiger partial charge in [-0.1, -0.05) is 133 Å². The Labute approximate surface area is 466 Å². The SMILES string of the molecule is OC(O)(c1ccc(-c2ccc(F)cc2F)nc1)C(O)(O)c1cc(-c2ccccc2-c2cnc(-c3ccccc3)cc2-c2ccc(-c3ccc(-c4ccccc4)cc3)cc2)cc(C(O)(O)C(O)(O)c2ccc(-c3ccc(F)cc3F)nc2)c1. The standard InChI is InChI=1S/C67H47F4N3O8/c68-51-25-27-55(59(70)34-51)61-29-23-47(37-72-61)64(75,76)66(79,80)49-31-46(32-50(33-49)67(81,82)65(77,78)48-24-30-62(73-38-48)56-28-26-52(69)35-60(56)71)53-13-7-8-14-54(53)58-39-74-63(45-11-5-2-6-12-45)36-57(58)44-21-19-43(20-22-44)42-17-15-41(16-18-42)40-9-3-1-4-10-40/h1-39,75-82H. The molecular formula is C67H47F4N3O8. The summed E-state index contributed by atoms with van der Waals surface area (Å²) in [5.41, 5.74) is 4.59. The topological polar surface area (TPSA) is 201 Å². The molecule has 82 heavy (non-hydrogen) atoms. The highest BCUT2D eigenvalue weighted by Gasteiger charge is 2.54. The van der Waals surface area contributed by atoms with E-state index < -0.39 is 68.7 Å². The van der Waals surface area contributed by atoms with Crippen LogP contribution in [-0.2, 0) is 23.1 Å². The number of nitrogens with zero attached hydrogens (tertiary/aromatic N) is 3. The van der Waals surface area contributed by atoms with Gasteiger partial charge in [0, 0.05) is 75.2 Å². The Balaban J connectivity index is 1.04. The lowest BCUT2D eigenvalue weighted by atomic mass is 9.83. The van der Waals surface area contributed by atoms with Gasteiger partial charge in [-0.15, -0.1) is 0 Å². The Bertz CT molecular complexity index is 3990. The lowest BCUT2D eigenvalue weighted by Crippen LogP contribution is -2.51. The number of rotatable bonds is 14. The minimum Gasteiger partial charge on any atom is -0.357 e. The fraction of sp³-hybridized carbons (Fsp3) is 0.0597. The van der Waals surface area contributed by atoms with Gasteiger partial charge in [0.1, 0.15) is 23.3 Å². The molecule has 0 saturated heterocycles. The Morgan fingerprint density at radius 1 is 0.244 bits per heavy atom. The number of hydrogen-bond acceptors (Lipinski definition) is 11. The smallest absolute Gasteiger partial charge is 0.252 e. The van der Waals surface area contributed by atoms with Gasteiger partial charge in [0.2, 0.25) is 0 Å². The Morgan fingerprint density at radius 2 is 0.634 bits per heavy atom. The van der Waals surface area contributed by atoms with Crippen molar-refractivity contribution in [3.63, 3.8) is 0 Å². The number of pyridine rings is 3. The highest BCUT2D eigenvalue weighted by Crippen LogP contribution is 2.46. The van der Waals surface area contributed by atoms with E-state index in [0.29, 0.717) is 40.6 Å². The summed E-state index contributed by atoms with van der Waals surface area (Å²) in [7, 11) is 0. The van der Waals surface area contributed by atoms with E-state index in [1.165, 1.54) is 0 Å². The molecule has 0 aliphatic rings. The molecule has 0 unspecified atom stereocenters. The summed E-state index contributed by atoms with van der Waals surface area (Å²) in [5, 5.41) is 95.9. The van der Waals surface area contributed by atoms with Gasteiger partial charge in [0.15, 0.2) is 0 Å². The van der Waals surface area contributed by atoms with E-state index >= 15 is 0 Å². The fourth-order valence-electron chi connectivity index (χ4n) is 9.88. The Hall–Kier alpha value is -9.39. The zero-order valence-corrected chi connectivity index (χ0v) is 42.9. The first kappa shape index (κ1) is 54.6. The maximum absolute atomic E-state index is 14.8. The van der Waals surface area contributed by atoms with Crippen molar-refractivity contribution in [2.75, 3.05) is 0 Å². The van der Waals surface area contributed by atoms with E-state index in [1.54, 1.807) is 30.5 Å². The summed E-state index contributed by atoms with van der Waals surface area (Å²) in [6, 6.07) is 56.9. The van der Waals surface area contributed by atoms with Gasteiger partial charge in [-0.05, 0) is 123 Å². The summed E-state index contributed by atoms with van der Waals surface area (Å²) in [5.74, 6) is -18.8. The second-order valence-electron chi connectivity index (χ2n) is 19.6. The maximum atomic E-state index is 14.8. The first-order chi connectivity index (χ1) is 39.3. The first-order valence-corrected chi connectivity index (χ1v) is 25.5. The highest BCUT2D eigenvalue weighted by molar-refractivity contribution is 5.93. The highest BCUT2D eigenvalue weighted by atomic mass is 19.1. The van der Waals surface area contributed by atoms with E-state index in [2.05, 4.69) is 22.1 Å². The van der Waals surface area contributed by atoms with Gasteiger partial charge in [-0.25, -0.2) is 17.6 Å². The van der Waals surface area contributed by atoms with Crippen LogP contribution in [0.1, 0.15) is 22.3 Å². The molecule has 11 aromatic rings. The van der Waals surface area contributed by atoms with E-state index in [4.69, 9.17) is 4.98 Å². The van der Waals surface area contributed by atoms with Crippen molar-refractivity contribution in [2.45, 2.75) is 23.1 Å². The van der Waals surface area contributed by atoms with Crippen molar-refractivity contribution in [1.29, 1.82) is 0 Å². The van der Waals surface area contributed by atoms with Crippen LogP contribution in [0.2, 0.25) is 0 Å². The Kier molecular flexibility index (Phi) is 14.4. The molecule has 0 aliphatic carbocycles. The molecular weight excluding hydrogens is 1050 g/mol. The van der Waals surface area contributed by atoms with Crippen molar-refractivity contribution in [3.05, 3.63) is 283 Å². The molecule has 0 saturated carbocycles. The molecule has 0 fully saturated rings. The minimum absolute atomic E-state index is 0.0671. The molecule has 0 spiro atoms. The number of benzene rings is 8. The van der Waals surface area contributed by atoms with Crippen LogP contribution in [0, 0.1) is 23.3 Å². The quantitative estimate of drug-likeness (QED) is 0.0381. The number of aromatic nitrogens is 3. The number of halogens is 4. The summed E-state index contributed by atoms with van der Waals surface area (Å²) >= 11 is 0. The predicted molar refractivity (Wildman–Crippen MR) is 300 cm³/mol. The molecule has 3 heterocycles. The number of hydrogen-bond donors (Lipinski definition) is 8. The third-order valence-corrected chi connectivity index (χ3v) is 14.5. The zero-order chi connectivity index (χ0) is 57.6. The van der Waals surface area contributed by atoms with Crippen LogP contribution in [0.25, 0.3) is 89.4 Å². The molecule has 3 aromatic heterocycles. The monoisotopic (exact) mass is 1100 g/mol. The van der Waals surface area contributed by atoms with Crippen LogP contribution in [0.15, 0.2) is 237 Å². The zero-order valence-electron chi connectivity index (χ0n) is 42.9. The molecule has 406 valence electrons. The predicted octanol–water partition coefficient (Wildman–Crippen LogP) is 11.7. The number of aliphatic hydroxyl groups is 8. The van der Waals surface area contributed by atoms with Crippen LogP contribution in [0.3, 0.4) is 0 Å². The van der Waals surface area contributed by atoms with Crippen molar-refractivity contribution in [2.24, 2.45) is 0 Å². The molecule has 8 N–H and O–H groups in total. The van der Waals surface area contributed by atoms with Crippen molar-refractivity contribution >= 4 is 0 Å². The van der Waals surface area contributed by atoms with Crippen molar-refractivity contribution in [1.82, 2.24) is 15.0 Å². The van der Waals surface area contributed by atoms with Crippen molar-refractivity contribution in [3.8, 4) is 89.4 Å². The summed E-state index contributed by atoms with van der Waals surface area (Å²) < 4.78 is 57.1. The fourth-order valence-corrected chi connectivity index (χ4v) is 9.88. The Morgan fingerprint density at radius 3 is 1.07 bits per heavy atom. The second-order valence-corrected chi connectivity index (χ2v) is 19.6. The van der Waals surface area contributed by atoms with Crippen LogP contribution in [0.5, 0.6) is 0 Å². The average Bonchev–Trinajstić information content (AvgIpc) is 3.67. The molecule has 11 nitrogen and oxygen atoms in total. The summed E-state index contributed by atoms with van der Waals surface area (Å²) in [4.78, 5) is 13.0. The molecule has 0 atom stereocenters. The molecule has 0 bridgehead atoms. The van der Waals surface area contributed by atoms with Gasteiger partial charge < -0.3 is 40.9 Å². The van der Waals surface area contributed by atoms with E-state index in [9.17, 15) is 58.4 Å². The van der Waals surface area contributed by atoms with Gasteiger partial charge in [-0.3, -0.25) is 15.0 Å². The van der Waals surface area contributed by atoms with Gasteiger partial charge in [0.05, 0.1) is 17.1 Å². The second kappa shape index (κ2) is 21.6. The molecule has 0 amide bonds. The van der Waals surface area contributed by atoms with Crippen LogP contribution in [-0.4, -0.2) is 55.8 Å². The van der Waals surface area contributed by atoms with Crippen LogP contribution in [0.4, 0.5) is 17.6 Å². The van der Waals surface area contributed by atoms with Gasteiger partial charge in [-0.2, -0.15) is 0 Å². The van der Waals surface area contributed by atoms with E-state index in [-0.39, 0.29) is 33.6 Å². The van der Waals surface area contributed by atoms with E-state index in [1.807, 2.05) is 103 Å². The summed E-state index contributed by atoms with van der Waals surface area (Å²) in [6.45, 7) is 0. The first-order valence-electron chi connectivity index (χ1n) is 25.5. The van der Waals surface area contributed by atoms with Crippen LogP contribution < -0.4 is 0 Å². The molecule has 8 aromatic carbocycles.